The van der Waals surface area contributed by atoms with Gasteiger partial charge in [-0.25, -0.2) is 0 Å². The number of benzene rings is 1. The summed E-state index contributed by atoms with van der Waals surface area (Å²) in [6, 6.07) is 8.34. The molecule has 1 fully saturated rings. The van der Waals surface area contributed by atoms with E-state index in [0.717, 1.165) is 31.9 Å². The minimum atomic E-state index is 0.00668. The molecule has 2 aliphatic rings. The van der Waals surface area contributed by atoms with Crippen LogP contribution in [0, 0.1) is 12.8 Å². The number of hydrogen-bond acceptors (Lipinski definition) is 3. The van der Waals surface area contributed by atoms with E-state index in [1.807, 2.05) is 35.0 Å². The van der Waals surface area contributed by atoms with Gasteiger partial charge in [0.1, 0.15) is 0 Å². The molecule has 0 unspecified atom stereocenters. The minimum absolute atomic E-state index is 0.00668. The number of rotatable bonds is 2. The molecule has 0 radical (unpaired) electrons. The number of aryl methyl sites for hydroxylation is 1. The third-order valence-corrected chi connectivity index (χ3v) is 5.36. The van der Waals surface area contributed by atoms with Gasteiger partial charge in [0.05, 0.1) is 12.1 Å². The summed E-state index contributed by atoms with van der Waals surface area (Å²) in [5.41, 5.74) is 4.91. The second-order valence-electron chi connectivity index (χ2n) is 6.64. The van der Waals surface area contributed by atoms with Crippen LogP contribution in [0.15, 0.2) is 30.5 Å². The maximum atomic E-state index is 13.1. The summed E-state index contributed by atoms with van der Waals surface area (Å²) in [4.78, 5) is 15.1. The molecule has 0 bridgehead atoms. The van der Waals surface area contributed by atoms with E-state index in [9.17, 15) is 4.79 Å². The van der Waals surface area contributed by atoms with Gasteiger partial charge in [-0.15, -0.1) is 0 Å². The third-order valence-electron chi connectivity index (χ3n) is 5.36. The predicted octanol–water partition coefficient (Wildman–Crippen LogP) is 1.57. The third kappa shape index (κ3) is 2.36. The van der Waals surface area contributed by atoms with Crippen LogP contribution in [0.5, 0.6) is 0 Å². The summed E-state index contributed by atoms with van der Waals surface area (Å²) < 4.78 is 1.89. The van der Waals surface area contributed by atoms with E-state index in [2.05, 4.69) is 29.5 Å². The number of nitrogens with one attached hydrogen (secondary N) is 1. The first-order valence-corrected chi connectivity index (χ1v) is 8.20. The van der Waals surface area contributed by atoms with Gasteiger partial charge in [-0.3, -0.25) is 9.48 Å². The summed E-state index contributed by atoms with van der Waals surface area (Å²) >= 11 is 0. The van der Waals surface area contributed by atoms with Crippen LogP contribution in [0.1, 0.15) is 28.3 Å². The Kier molecular flexibility index (Phi) is 3.45. The molecule has 1 aromatic heterocycles. The van der Waals surface area contributed by atoms with E-state index in [0.29, 0.717) is 0 Å². The molecule has 1 saturated heterocycles. The van der Waals surface area contributed by atoms with E-state index >= 15 is 0 Å². The first-order chi connectivity index (χ1) is 11.1. The van der Waals surface area contributed by atoms with Gasteiger partial charge in [0.2, 0.25) is 5.91 Å². The van der Waals surface area contributed by atoms with Crippen LogP contribution < -0.4 is 5.32 Å². The number of nitrogens with zero attached hydrogens (tertiary/aromatic N) is 3. The van der Waals surface area contributed by atoms with Crippen LogP contribution >= 0.6 is 0 Å². The molecule has 1 N–H and O–H groups in total. The number of amides is 1. The molecule has 5 heteroatoms. The van der Waals surface area contributed by atoms with Crippen molar-refractivity contribution in [2.75, 3.05) is 13.1 Å². The van der Waals surface area contributed by atoms with Crippen LogP contribution in [0.2, 0.25) is 0 Å². The fraction of sp³-hybridized carbons (Fsp3) is 0.444. The Labute approximate surface area is 136 Å². The first-order valence-electron chi connectivity index (χ1n) is 8.20. The fourth-order valence-electron chi connectivity index (χ4n) is 3.87. The second-order valence-corrected chi connectivity index (χ2v) is 6.64. The lowest BCUT2D eigenvalue weighted by atomic mass is 9.88. The van der Waals surface area contributed by atoms with Gasteiger partial charge in [0.25, 0.3) is 0 Å². The molecule has 1 aromatic carbocycles. The summed E-state index contributed by atoms with van der Waals surface area (Å²) in [5, 5.41) is 7.75. The van der Waals surface area contributed by atoms with E-state index in [4.69, 9.17) is 0 Å². The predicted molar refractivity (Wildman–Crippen MR) is 87.7 cm³/mol. The summed E-state index contributed by atoms with van der Waals surface area (Å²) in [7, 11) is 1.95. The van der Waals surface area contributed by atoms with Crippen molar-refractivity contribution < 1.29 is 4.79 Å². The van der Waals surface area contributed by atoms with Crippen LogP contribution in [0.4, 0.5) is 0 Å². The maximum Gasteiger partial charge on any atom is 0.228 e. The van der Waals surface area contributed by atoms with Gasteiger partial charge in [-0.05, 0) is 23.6 Å². The van der Waals surface area contributed by atoms with Crippen molar-refractivity contribution in [2.24, 2.45) is 13.0 Å². The lowest BCUT2D eigenvalue weighted by molar-refractivity contribution is -0.136. The highest BCUT2D eigenvalue weighted by Gasteiger charge is 2.39. The van der Waals surface area contributed by atoms with Crippen LogP contribution in [-0.2, 0) is 24.9 Å². The molecule has 3 heterocycles. The van der Waals surface area contributed by atoms with E-state index in [-0.39, 0.29) is 17.7 Å². The molecule has 4 rings (SSSR count). The van der Waals surface area contributed by atoms with Crippen molar-refractivity contribution in [3.63, 3.8) is 0 Å². The lowest BCUT2D eigenvalue weighted by Crippen LogP contribution is -2.35. The van der Waals surface area contributed by atoms with E-state index in [1.54, 1.807) is 0 Å². The van der Waals surface area contributed by atoms with Gasteiger partial charge in [0.15, 0.2) is 0 Å². The van der Waals surface area contributed by atoms with Crippen LogP contribution in [0.3, 0.4) is 0 Å². The van der Waals surface area contributed by atoms with Gasteiger partial charge in [-0.2, -0.15) is 5.10 Å². The molecule has 2 aromatic rings. The number of carbonyl (C=O) groups excluding carboxylic acids is 1. The number of hydrogen-bond donors (Lipinski definition) is 1. The molecule has 0 aliphatic carbocycles. The molecule has 5 nitrogen and oxygen atoms in total. The Bertz CT molecular complexity index is 726. The van der Waals surface area contributed by atoms with E-state index < -0.39 is 0 Å². The number of carbonyl (C=O) groups is 1. The zero-order chi connectivity index (χ0) is 16.0. The van der Waals surface area contributed by atoms with E-state index in [1.165, 1.54) is 16.7 Å². The molecular formula is C18H22N4O. The average molecular weight is 310 g/mol. The quantitative estimate of drug-likeness (QED) is 0.916. The van der Waals surface area contributed by atoms with Gasteiger partial charge in [0, 0.05) is 44.8 Å². The smallest absolute Gasteiger partial charge is 0.228 e. The summed E-state index contributed by atoms with van der Waals surface area (Å²) in [5.74, 6) is 0.492. The Balaban J connectivity index is 1.56. The Morgan fingerprint density at radius 3 is 2.52 bits per heavy atom. The molecule has 1 amide bonds. The van der Waals surface area contributed by atoms with Crippen molar-refractivity contribution in [1.29, 1.82) is 0 Å². The van der Waals surface area contributed by atoms with Crippen LogP contribution in [-0.4, -0.2) is 33.7 Å². The first kappa shape index (κ1) is 14.5. The summed E-state index contributed by atoms with van der Waals surface area (Å²) in [6.45, 7) is 5.16. The molecule has 0 saturated carbocycles. The Hall–Kier alpha value is -2.14. The average Bonchev–Trinajstić information content (AvgIpc) is 3.26. The standard InChI is InChI=1S/C18H22N4O/c1-12-15(9-20-21(12)2)16-7-19-8-17(16)18(23)22-10-13-5-3-4-6-14(13)11-22/h3-6,9,16-17,19H,7-8,10-11H2,1-2H3/t16-,17+/m1/s1. The Morgan fingerprint density at radius 1 is 1.22 bits per heavy atom. The van der Waals surface area contributed by atoms with Gasteiger partial charge < -0.3 is 10.2 Å². The maximum absolute atomic E-state index is 13.1. The van der Waals surface area contributed by atoms with Crippen LogP contribution in [0.25, 0.3) is 0 Å². The highest BCUT2D eigenvalue weighted by molar-refractivity contribution is 5.81. The van der Waals surface area contributed by atoms with Crippen molar-refractivity contribution >= 4 is 5.91 Å². The zero-order valence-corrected chi connectivity index (χ0v) is 13.6. The molecule has 2 atom stereocenters. The summed E-state index contributed by atoms with van der Waals surface area (Å²) in [6.07, 6.45) is 1.92. The SMILES string of the molecule is Cc1c([C@H]2CNC[C@@H]2C(=O)N2Cc3ccccc3C2)cnn1C. The largest absolute Gasteiger partial charge is 0.334 e. The zero-order valence-electron chi connectivity index (χ0n) is 13.6. The molecular weight excluding hydrogens is 288 g/mol. The fourth-order valence-corrected chi connectivity index (χ4v) is 3.87. The Morgan fingerprint density at radius 2 is 1.91 bits per heavy atom. The highest BCUT2D eigenvalue weighted by Crippen LogP contribution is 2.33. The molecule has 23 heavy (non-hydrogen) atoms. The number of aromatic nitrogens is 2. The normalized spacial score (nSPS) is 23.3. The minimum Gasteiger partial charge on any atom is -0.334 e. The monoisotopic (exact) mass is 310 g/mol. The van der Waals surface area contributed by atoms with Gasteiger partial charge in [-0.1, -0.05) is 24.3 Å². The van der Waals surface area contributed by atoms with Crippen molar-refractivity contribution in [3.8, 4) is 0 Å². The van der Waals surface area contributed by atoms with Gasteiger partial charge >= 0.3 is 0 Å². The molecule has 120 valence electrons. The highest BCUT2D eigenvalue weighted by atomic mass is 16.2. The lowest BCUT2D eigenvalue weighted by Gasteiger charge is -2.24. The molecule has 0 spiro atoms. The second kappa shape index (κ2) is 5.49. The topological polar surface area (TPSA) is 50.2 Å². The van der Waals surface area contributed by atoms with Crippen molar-refractivity contribution in [1.82, 2.24) is 20.0 Å². The number of fused-ring (bicyclic) bond motifs is 1. The molecule has 2 aliphatic heterocycles. The van der Waals surface area contributed by atoms with Crippen molar-refractivity contribution in [3.05, 3.63) is 52.8 Å². The van der Waals surface area contributed by atoms with Crippen molar-refractivity contribution in [2.45, 2.75) is 25.9 Å².